The summed E-state index contributed by atoms with van der Waals surface area (Å²) in [7, 11) is 1.30. The van der Waals surface area contributed by atoms with Crippen LogP contribution >= 0.6 is 0 Å². The first-order valence-electron chi connectivity index (χ1n) is 3.41. The van der Waals surface area contributed by atoms with E-state index in [2.05, 4.69) is 9.72 Å². The molecular formula is C7H8F2N2O2. The van der Waals surface area contributed by atoms with Crippen LogP contribution in [0.5, 0.6) is 5.88 Å². The van der Waals surface area contributed by atoms with E-state index < -0.39 is 17.4 Å². The molecule has 72 valence electrons. The molecule has 6 heteroatoms. The van der Waals surface area contributed by atoms with Crippen molar-refractivity contribution >= 4 is 5.82 Å². The van der Waals surface area contributed by atoms with Crippen molar-refractivity contribution in [2.75, 3.05) is 12.8 Å². The number of methoxy groups -OCH3 is 1. The molecule has 0 radical (unpaired) electrons. The minimum Gasteiger partial charge on any atom is -0.482 e. The Balaban J connectivity index is 3.32. The summed E-state index contributed by atoms with van der Waals surface area (Å²) in [5, 5.41) is 0. The van der Waals surface area contributed by atoms with Crippen LogP contribution in [0.3, 0.4) is 0 Å². The summed E-state index contributed by atoms with van der Waals surface area (Å²) >= 11 is 0. The van der Waals surface area contributed by atoms with Gasteiger partial charge in [-0.3, -0.25) is 4.79 Å². The standard InChI is InChI=1S/C7H8F2N2O2/c1-13-4-2-3(12)5(6(8)9)7(10)11-4/h2,6H,1H3,(H3,10,11,12). The molecular weight excluding hydrogens is 182 g/mol. The maximum Gasteiger partial charge on any atom is 0.271 e. The first-order valence-corrected chi connectivity index (χ1v) is 3.41. The van der Waals surface area contributed by atoms with Gasteiger partial charge in [0.05, 0.1) is 7.11 Å². The van der Waals surface area contributed by atoms with Crippen molar-refractivity contribution in [2.45, 2.75) is 6.43 Å². The molecule has 0 aliphatic carbocycles. The van der Waals surface area contributed by atoms with Crippen molar-refractivity contribution in [3.05, 3.63) is 21.9 Å². The van der Waals surface area contributed by atoms with Crippen LogP contribution in [-0.2, 0) is 0 Å². The van der Waals surface area contributed by atoms with Gasteiger partial charge in [-0.05, 0) is 0 Å². The van der Waals surface area contributed by atoms with Crippen LogP contribution < -0.4 is 15.9 Å². The van der Waals surface area contributed by atoms with Crippen LogP contribution in [0.4, 0.5) is 14.6 Å². The van der Waals surface area contributed by atoms with Gasteiger partial charge in [0.2, 0.25) is 0 Å². The van der Waals surface area contributed by atoms with Gasteiger partial charge in [-0.2, -0.15) is 0 Å². The number of aromatic nitrogens is 1. The van der Waals surface area contributed by atoms with E-state index in [9.17, 15) is 13.6 Å². The number of rotatable bonds is 2. The molecule has 0 aliphatic rings. The molecule has 0 saturated carbocycles. The molecule has 1 aromatic heterocycles. The second kappa shape index (κ2) is 3.42. The van der Waals surface area contributed by atoms with Crippen LogP contribution in [0.25, 0.3) is 0 Å². The van der Waals surface area contributed by atoms with Crippen LogP contribution in [-0.4, -0.2) is 12.1 Å². The lowest BCUT2D eigenvalue weighted by atomic mass is 10.2. The molecule has 0 fully saturated rings. The van der Waals surface area contributed by atoms with E-state index in [1.54, 1.807) is 0 Å². The molecule has 1 aromatic rings. The summed E-state index contributed by atoms with van der Waals surface area (Å²) in [5.74, 6) is -0.300. The summed E-state index contributed by atoms with van der Waals surface area (Å²) in [6, 6.07) is 0.928. The normalized spacial score (nSPS) is 10.5. The van der Waals surface area contributed by atoms with E-state index in [1.165, 1.54) is 7.11 Å². The fourth-order valence-corrected chi connectivity index (χ4v) is 0.901. The highest BCUT2D eigenvalue weighted by molar-refractivity contribution is 5.42. The number of halogens is 2. The van der Waals surface area contributed by atoms with Gasteiger partial charge in [-0.25, -0.2) is 8.78 Å². The van der Waals surface area contributed by atoms with E-state index >= 15 is 0 Å². The lowest BCUT2D eigenvalue weighted by Crippen LogP contribution is -2.14. The number of alkyl halides is 2. The first-order chi connectivity index (χ1) is 6.06. The minimum atomic E-state index is -2.88. The smallest absolute Gasteiger partial charge is 0.271 e. The first kappa shape index (κ1) is 9.50. The highest BCUT2D eigenvalue weighted by atomic mass is 19.3. The predicted octanol–water partition coefficient (Wildman–Crippen LogP) is 0.903. The van der Waals surface area contributed by atoms with Crippen molar-refractivity contribution in [1.82, 2.24) is 4.98 Å². The van der Waals surface area contributed by atoms with E-state index in [0.717, 1.165) is 6.07 Å². The van der Waals surface area contributed by atoms with Gasteiger partial charge in [0.1, 0.15) is 11.4 Å². The second-order valence-electron chi connectivity index (χ2n) is 2.33. The van der Waals surface area contributed by atoms with Crippen molar-refractivity contribution < 1.29 is 13.5 Å². The van der Waals surface area contributed by atoms with Gasteiger partial charge in [0.25, 0.3) is 6.43 Å². The molecule has 0 aliphatic heterocycles. The maximum atomic E-state index is 12.2. The Bertz CT molecular complexity index is 362. The Hall–Kier alpha value is -1.59. The summed E-state index contributed by atoms with van der Waals surface area (Å²) in [5.41, 5.74) is 3.63. The molecule has 13 heavy (non-hydrogen) atoms. The predicted molar refractivity (Wildman–Crippen MR) is 43.0 cm³/mol. The summed E-state index contributed by atoms with van der Waals surface area (Å²) in [4.78, 5) is 13.3. The molecule has 0 unspecified atom stereocenters. The van der Waals surface area contributed by atoms with Gasteiger partial charge in [-0.15, -0.1) is 0 Å². The zero-order valence-electron chi connectivity index (χ0n) is 6.80. The molecule has 1 rings (SSSR count). The lowest BCUT2D eigenvalue weighted by Gasteiger charge is -2.05. The minimum absolute atomic E-state index is 0.0619. The molecule has 0 amide bonds. The van der Waals surface area contributed by atoms with E-state index in [1.807, 2.05) is 0 Å². The zero-order chi connectivity index (χ0) is 10.0. The van der Waals surface area contributed by atoms with Gasteiger partial charge < -0.3 is 15.5 Å². The monoisotopic (exact) mass is 190 g/mol. The topological polar surface area (TPSA) is 68.1 Å². The molecule has 0 atom stereocenters. The number of nitrogen functional groups attached to an aromatic ring is 1. The van der Waals surface area contributed by atoms with E-state index in [0.29, 0.717) is 0 Å². The average molecular weight is 190 g/mol. The fourth-order valence-electron chi connectivity index (χ4n) is 0.901. The Morgan fingerprint density at radius 2 is 2.23 bits per heavy atom. The third-order valence-electron chi connectivity index (χ3n) is 1.51. The Kier molecular flexibility index (Phi) is 2.50. The van der Waals surface area contributed by atoms with Crippen molar-refractivity contribution in [1.29, 1.82) is 0 Å². The van der Waals surface area contributed by atoms with E-state index in [-0.39, 0.29) is 11.7 Å². The Morgan fingerprint density at radius 3 is 2.62 bits per heavy atom. The second-order valence-corrected chi connectivity index (χ2v) is 2.33. The zero-order valence-corrected chi connectivity index (χ0v) is 6.80. The SMILES string of the molecule is COc1cc(=O)c(C(F)F)c(N)[nH]1. The molecule has 0 spiro atoms. The Labute approximate surface area is 72.3 Å². The number of aromatic amines is 1. The molecule has 0 bridgehead atoms. The number of hydrogen-bond acceptors (Lipinski definition) is 3. The van der Waals surface area contributed by atoms with Crippen molar-refractivity contribution in [2.24, 2.45) is 0 Å². The average Bonchev–Trinajstić information content (AvgIpc) is 2.02. The summed E-state index contributed by atoms with van der Waals surface area (Å²) in [6.07, 6.45) is -2.88. The number of nitrogens with one attached hydrogen (secondary N) is 1. The van der Waals surface area contributed by atoms with Crippen LogP contribution in [0.2, 0.25) is 0 Å². The molecule has 4 nitrogen and oxygen atoms in total. The van der Waals surface area contributed by atoms with Gasteiger partial charge in [0.15, 0.2) is 11.3 Å². The number of ether oxygens (including phenoxy) is 1. The van der Waals surface area contributed by atoms with Crippen molar-refractivity contribution in [3.63, 3.8) is 0 Å². The molecule has 3 N–H and O–H groups in total. The number of nitrogens with two attached hydrogens (primary N) is 1. The van der Waals surface area contributed by atoms with Crippen LogP contribution in [0.15, 0.2) is 10.9 Å². The number of anilines is 1. The highest BCUT2D eigenvalue weighted by Crippen LogP contribution is 2.21. The van der Waals surface area contributed by atoms with Crippen LogP contribution in [0, 0.1) is 0 Å². The maximum absolute atomic E-state index is 12.2. The number of hydrogen-bond donors (Lipinski definition) is 2. The molecule has 0 saturated heterocycles. The third-order valence-corrected chi connectivity index (χ3v) is 1.51. The lowest BCUT2D eigenvalue weighted by molar-refractivity contribution is 0.150. The number of H-pyrrole nitrogens is 1. The fraction of sp³-hybridized carbons (Fsp3) is 0.286. The molecule has 0 aromatic carbocycles. The largest absolute Gasteiger partial charge is 0.482 e. The van der Waals surface area contributed by atoms with Gasteiger partial charge in [-0.1, -0.05) is 0 Å². The van der Waals surface area contributed by atoms with E-state index in [4.69, 9.17) is 5.73 Å². The summed E-state index contributed by atoms with van der Waals surface area (Å²) in [6.45, 7) is 0. The molecule has 1 heterocycles. The summed E-state index contributed by atoms with van der Waals surface area (Å²) < 4.78 is 29.0. The Morgan fingerprint density at radius 1 is 1.62 bits per heavy atom. The quantitative estimate of drug-likeness (QED) is 0.728. The number of pyridine rings is 1. The highest BCUT2D eigenvalue weighted by Gasteiger charge is 2.16. The van der Waals surface area contributed by atoms with Crippen LogP contribution in [0.1, 0.15) is 12.0 Å². The van der Waals surface area contributed by atoms with Gasteiger partial charge >= 0.3 is 0 Å². The third kappa shape index (κ3) is 1.77. The van der Waals surface area contributed by atoms with Crippen molar-refractivity contribution in [3.8, 4) is 5.88 Å². The van der Waals surface area contributed by atoms with Gasteiger partial charge in [0, 0.05) is 6.07 Å².